The van der Waals surface area contributed by atoms with Crippen molar-refractivity contribution in [3.8, 4) is 5.75 Å². The molecule has 11 heteroatoms. The smallest absolute Gasteiger partial charge is 0.471 e. The van der Waals surface area contributed by atoms with Crippen molar-refractivity contribution in [1.29, 1.82) is 0 Å². The molecule has 0 saturated heterocycles. The Bertz CT molecular complexity index is 900. The van der Waals surface area contributed by atoms with Crippen LogP contribution < -0.4 is 15.4 Å². The summed E-state index contributed by atoms with van der Waals surface area (Å²) in [5, 5.41) is 15.0. The monoisotopic (exact) mass is 411 g/mol. The topological polar surface area (TPSA) is 111 Å². The van der Waals surface area contributed by atoms with Gasteiger partial charge < -0.3 is 15.4 Å². The van der Waals surface area contributed by atoms with E-state index in [-0.39, 0.29) is 16.9 Å². The summed E-state index contributed by atoms with van der Waals surface area (Å²) < 4.78 is 42.9. The highest BCUT2D eigenvalue weighted by atomic mass is 19.4. The lowest BCUT2D eigenvalue weighted by Gasteiger charge is -2.20. The highest BCUT2D eigenvalue weighted by Crippen LogP contribution is 2.24. The number of nitrogens with one attached hydrogen (secondary N) is 2. The molecule has 0 aromatic heterocycles. The summed E-state index contributed by atoms with van der Waals surface area (Å²) in [6.07, 6.45) is -5.65. The highest BCUT2D eigenvalue weighted by molar-refractivity contribution is 5.92. The van der Waals surface area contributed by atoms with Crippen molar-refractivity contribution >= 4 is 23.2 Å². The first-order valence-electron chi connectivity index (χ1n) is 8.16. The minimum atomic E-state index is -5.12. The van der Waals surface area contributed by atoms with E-state index in [2.05, 4.69) is 5.32 Å². The van der Waals surface area contributed by atoms with Gasteiger partial charge in [0.25, 0.3) is 5.69 Å². The van der Waals surface area contributed by atoms with Crippen LogP contribution in [0.3, 0.4) is 0 Å². The molecule has 0 saturated carbocycles. The maximum atomic E-state index is 12.7. The van der Waals surface area contributed by atoms with Crippen LogP contribution in [-0.2, 0) is 9.59 Å². The second kappa shape index (κ2) is 9.04. The van der Waals surface area contributed by atoms with Gasteiger partial charge in [0.1, 0.15) is 5.75 Å². The second-order valence-corrected chi connectivity index (χ2v) is 5.86. The molecule has 0 aliphatic rings. The number of hydrogen-bond donors (Lipinski definition) is 2. The van der Waals surface area contributed by atoms with E-state index < -0.39 is 35.4 Å². The van der Waals surface area contributed by atoms with E-state index in [1.54, 1.807) is 5.32 Å². The molecule has 2 aromatic carbocycles. The zero-order valence-electron chi connectivity index (χ0n) is 15.0. The Labute approximate surface area is 162 Å². The lowest BCUT2D eigenvalue weighted by atomic mass is 10.0. The number of nitro benzene ring substituents is 1. The average molecular weight is 411 g/mol. The van der Waals surface area contributed by atoms with Crippen LogP contribution in [0.15, 0.2) is 48.5 Å². The predicted octanol–water partition coefficient (Wildman–Crippen LogP) is 3.35. The number of anilines is 1. The van der Waals surface area contributed by atoms with E-state index in [4.69, 9.17) is 4.74 Å². The van der Waals surface area contributed by atoms with Crippen molar-refractivity contribution in [3.63, 3.8) is 0 Å². The largest absolute Gasteiger partial charge is 0.497 e. The average Bonchev–Trinajstić information content (AvgIpc) is 2.67. The normalized spacial score (nSPS) is 12.0. The van der Waals surface area contributed by atoms with Crippen LogP contribution in [0.5, 0.6) is 5.75 Å². The standard InChI is InChI=1S/C18H16F3N3O5/c1-29-14-7-5-11(6-8-14)15(23-17(26)18(19,20)21)10-16(25)22-12-3-2-4-13(9-12)24(27)28/h2-9,15H,10H2,1H3,(H,22,25)(H,23,26). The summed E-state index contributed by atoms with van der Waals surface area (Å²) in [7, 11) is 1.41. The maximum absolute atomic E-state index is 12.7. The van der Waals surface area contributed by atoms with Crippen molar-refractivity contribution in [2.24, 2.45) is 0 Å². The second-order valence-electron chi connectivity index (χ2n) is 5.86. The Morgan fingerprint density at radius 1 is 1.17 bits per heavy atom. The number of non-ortho nitro benzene ring substituents is 1. The van der Waals surface area contributed by atoms with Crippen molar-refractivity contribution in [2.45, 2.75) is 18.6 Å². The number of carbonyl (C=O) groups excluding carboxylic acids is 2. The molecule has 2 N–H and O–H groups in total. The third-order valence-corrected chi connectivity index (χ3v) is 3.81. The van der Waals surface area contributed by atoms with Crippen LogP contribution in [0.25, 0.3) is 0 Å². The Balaban J connectivity index is 2.19. The van der Waals surface area contributed by atoms with Gasteiger partial charge in [-0.05, 0) is 23.8 Å². The van der Waals surface area contributed by atoms with Gasteiger partial charge in [0.2, 0.25) is 5.91 Å². The van der Waals surface area contributed by atoms with Crippen LogP contribution in [0.2, 0.25) is 0 Å². The van der Waals surface area contributed by atoms with Crippen LogP contribution in [0, 0.1) is 10.1 Å². The van der Waals surface area contributed by atoms with Gasteiger partial charge in [-0.2, -0.15) is 13.2 Å². The van der Waals surface area contributed by atoms with Gasteiger partial charge in [-0.15, -0.1) is 0 Å². The van der Waals surface area contributed by atoms with E-state index in [9.17, 15) is 32.9 Å². The molecule has 1 atom stereocenters. The fourth-order valence-electron chi connectivity index (χ4n) is 2.42. The SMILES string of the molecule is COc1ccc(C(CC(=O)Nc2cccc([N+](=O)[O-])c2)NC(=O)C(F)(F)F)cc1. The summed E-state index contributed by atoms with van der Waals surface area (Å²) >= 11 is 0. The number of ether oxygens (including phenoxy) is 1. The molecule has 154 valence electrons. The van der Waals surface area contributed by atoms with Gasteiger partial charge in [-0.3, -0.25) is 19.7 Å². The number of hydrogen-bond acceptors (Lipinski definition) is 5. The molecule has 2 amide bonds. The van der Waals surface area contributed by atoms with E-state index in [0.29, 0.717) is 5.75 Å². The van der Waals surface area contributed by atoms with Crippen LogP contribution >= 0.6 is 0 Å². The fraction of sp³-hybridized carbons (Fsp3) is 0.222. The number of benzene rings is 2. The van der Waals surface area contributed by atoms with Crippen molar-refractivity contribution in [2.75, 3.05) is 12.4 Å². The zero-order valence-corrected chi connectivity index (χ0v) is 15.0. The molecular weight excluding hydrogens is 395 g/mol. The number of halogens is 3. The number of nitrogens with zero attached hydrogens (tertiary/aromatic N) is 1. The van der Waals surface area contributed by atoms with Gasteiger partial charge in [0.05, 0.1) is 24.5 Å². The fourth-order valence-corrected chi connectivity index (χ4v) is 2.42. The number of amides is 2. The molecular formula is C18H16F3N3O5. The highest BCUT2D eigenvalue weighted by Gasteiger charge is 2.40. The molecule has 0 spiro atoms. The zero-order chi connectivity index (χ0) is 21.6. The molecule has 2 aromatic rings. The number of carbonyl (C=O) groups is 2. The Morgan fingerprint density at radius 3 is 2.38 bits per heavy atom. The van der Waals surface area contributed by atoms with Gasteiger partial charge in [-0.1, -0.05) is 18.2 Å². The quantitative estimate of drug-likeness (QED) is 0.536. The van der Waals surface area contributed by atoms with Gasteiger partial charge >= 0.3 is 12.1 Å². The van der Waals surface area contributed by atoms with Gasteiger partial charge in [0.15, 0.2) is 0 Å². The first-order chi connectivity index (χ1) is 13.6. The van der Waals surface area contributed by atoms with E-state index in [1.165, 1.54) is 49.6 Å². The Hall–Kier alpha value is -3.63. The van der Waals surface area contributed by atoms with Crippen molar-refractivity contribution < 1.29 is 32.4 Å². The maximum Gasteiger partial charge on any atom is 0.471 e. The summed E-state index contributed by atoms with van der Waals surface area (Å²) in [5.74, 6) is -2.49. The lowest BCUT2D eigenvalue weighted by Crippen LogP contribution is -2.40. The summed E-state index contributed by atoms with van der Waals surface area (Å²) in [6.45, 7) is 0. The molecule has 8 nitrogen and oxygen atoms in total. The molecule has 0 heterocycles. The van der Waals surface area contributed by atoms with Crippen LogP contribution in [0.4, 0.5) is 24.5 Å². The molecule has 29 heavy (non-hydrogen) atoms. The van der Waals surface area contributed by atoms with Crippen LogP contribution in [-0.4, -0.2) is 30.0 Å². The molecule has 0 fully saturated rings. The first kappa shape index (κ1) is 21.7. The molecule has 2 rings (SSSR count). The summed E-state index contributed by atoms with van der Waals surface area (Å²) in [5.41, 5.74) is 0.0808. The lowest BCUT2D eigenvalue weighted by molar-refractivity contribution is -0.384. The van der Waals surface area contributed by atoms with Gasteiger partial charge in [0, 0.05) is 17.8 Å². The summed E-state index contributed by atoms with van der Waals surface area (Å²) in [4.78, 5) is 33.8. The number of nitro groups is 1. The van der Waals surface area contributed by atoms with E-state index in [0.717, 1.165) is 6.07 Å². The van der Waals surface area contributed by atoms with E-state index in [1.807, 2.05) is 0 Å². The molecule has 0 bridgehead atoms. The molecule has 1 unspecified atom stereocenters. The third-order valence-electron chi connectivity index (χ3n) is 3.81. The predicted molar refractivity (Wildman–Crippen MR) is 96.3 cm³/mol. The summed E-state index contributed by atoms with van der Waals surface area (Å²) in [6, 6.07) is 9.56. The number of methoxy groups -OCH3 is 1. The minimum Gasteiger partial charge on any atom is -0.497 e. The number of alkyl halides is 3. The molecule has 0 aliphatic heterocycles. The minimum absolute atomic E-state index is 0.0971. The van der Waals surface area contributed by atoms with Gasteiger partial charge in [-0.25, -0.2) is 0 Å². The third kappa shape index (κ3) is 6.19. The van der Waals surface area contributed by atoms with Crippen molar-refractivity contribution in [3.05, 3.63) is 64.2 Å². The Kier molecular flexibility index (Phi) is 6.75. The molecule has 0 aliphatic carbocycles. The molecule has 0 radical (unpaired) electrons. The number of rotatable bonds is 7. The van der Waals surface area contributed by atoms with E-state index >= 15 is 0 Å². The van der Waals surface area contributed by atoms with Crippen molar-refractivity contribution in [1.82, 2.24) is 5.32 Å². The Morgan fingerprint density at radius 2 is 1.83 bits per heavy atom. The first-order valence-corrected chi connectivity index (χ1v) is 8.16. The van der Waals surface area contributed by atoms with Crippen LogP contribution in [0.1, 0.15) is 18.0 Å².